The molecule has 2 aromatic rings. The molecule has 1 fully saturated rings. The second-order valence-corrected chi connectivity index (χ2v) is 7.05. The number of likely N-dealkylation sites (tertiary alicyclic amines) is 1. The highest BCUT2D eigenvalue weighted by Crippen LogP contribution is 2.26. The number of benzene rings is 1. The number of para-hydroxylation sites is 1. The summed E-state index contributed by atoms with van der Waals surface area (Å²) in [5, 5.41) is 4.55. The Labute approximate surface area is 147 Å². The molecule has 6 heteroatoms. The fraction of sp³-hybridized carbons (Fsp3) is 0.421. The van der Waals surface area contributed by atoms with Gasteiger partial charge in [0.25, 0.3) is 5.91 Å². The fourth-order valence-electron chi connectivity index (χ4n) is 3.35. The van der Waals surface area contributed by atoms with Crippen molar-refractivity contribution < 1.29 is 9.59 Å². The number of nitrogens with two attached hydrogens (primary N) is 1. The number of amides is 2. The highest BCUT2D eigenvalue weighted by Gasteiger charge is 2.37. The topological polar surface area (TPSA) is 81.2 Å². The molecule has 2 N–H and O–H groups in total. The Morgan fingerprint density at radius 3 is 2.44 bits per heavy atom. The van der Waals surface area contributed by atoms with E-state index in [0.717, 1.165) is 11.4 Å². The highest BCUT2D eigenvalue weighted by molar-refractivity contribution is 5.93. The van der Waals surface area contributed by atoms with E-state index in [2.05, 4.69) is 18.9 Å². The molecule has 2 atom stereocenters. The molecule has 0 saturated carbocycles. The number of carbonyl (C=O) groups excluding carboxylic acids is 2. The van der Waals surface area contributed by atoms with Gasteiger partial charge >= 0.3 is 0 Å². The number of aromatic nitrogens is 2. The Morgan fingerprint density at radius 2 is 1.88 bits per heavy atom. The number of nitrogens with zero attached hydrogens (tertiary/aromatic N) is 3. The predicted octanol–water partition coefficient (Wildman–Crippen LogP) is 2.19. The molecule has 0 unspecified atom stereocenters. The quantitative estimate of drug-likeness (QED) is 0.926. The van der Waals surface area contributed by atoms with Crippen LogP contribution in [0, 0.1) is 11.8 Å². The third-order valence-electron chi connectivity index (χ3n) is 4.81. The largest absolute Gasteiger partial charge is 0.369 e. The van der Waals surface area contributed by atoms with Crippen LogP contribution in [-0.2, 0) is 4.79 Å². The number of rotatable bonds is 4. The van der Waals surface area contributed by atoms with Crippen molar-refractivity contribution in [3.63, 3.8) is 0 Å². The number of hydrogen-bond donors (Lipinski definition) is 1. The van der Waals surface area contributed by atoms with Crippen molar-refractivity contribution in [2.45, 2.75) is 26.7 Å². The van der Waals surface area contributed by atoms with E-state index in [1.807, 2.05) is 48.0 Å². The molecule has 132 valence electrons. The van der Waals surface area contributed by atoms with Crippen LogP contribution in [0.25, 0.3) is 5.69 Å². The summed E-state index contributed by atoms with van der Waals surface area (Å²) in [4.78, 5) is 26.1. The smallest absolute Gasteiger partial charge is 0.274 e. The Bertz CT molecular complexity index is 782. The van der Waals surface area contributed by atoms with Gasteiger partial charge in [-0.1, -0.05) is 39.0 Å². The van der Waals surface area contributed by atoms with Crippen molar-refractivity contribution in [3.05, 3.63) is 47.8 Å². The number of hydrogen-bond acceptors (Lipinski definition) is 3. The minimum absolute atomic E-state index is 0.0715. The van der Waals surface area contributed by atoms with Crippen molar-refractivity contribution in [2.24, 2.45) is 17.6 Å². The lowest BCUT2D eigenvalue weighted by Crippen LogP contribution is -2.32. The van der Waals surface area contributed by atoms with Gasteiger partial charge in [0.2, 0.25) is 5.91 Å². The minimum Gasteiger partial charge on any atom is -0.369 e. The Morgan fingerprint density at radius 1 is 1.20 bits per heavy atom. The summed E-state index contributed by atoms with van der Waals surface area (Å²) in [7, 11) is 0. The van der Waals surface area contributed by atoms with Gasteiger partial charge in [-0.25, -0.2) is 4.68 Å². The van der Waals surface area contributed by atoms with Crippen LogP contribution in [0.5, 0.6) is 0 Å². The van der Waals surface area contributed by atoms with Gasteiger partial charge in [0.05, 0.1) is 11.6 Å². The van der Waals surface area contributed by atoms with Crippen LogP contribution in [0.2, 0.25) is 0 Å². The first-order valence-electron chi connectivity index (χ1n) is 8.62. The van der Waals surface area contributed by atoms with E-state index >= 15 is 0 Å². The molecular weight excluding hydrogens is 316 g/mol. The van der Waals surface area contributed by atoms with E-state index in [0.29, 0.717) is 18.8 Å². The second kappa shape index (κ2) is 6.70. The Kier molecular flexibility index (Phi) is 4.61. The molecule has 1 aliphatic rings. The van der Waals surface area contributed by atoms with E-state index in [4.69, 9.17) is 5.73 Å². The predicted molar refractivity (Wildman–Crippen MR) is 95.4 cm³/mol. The van der Waals surface area contributed by atoms with Crippen molar-refractivity contribution in [3.8, 4) is 5.69 Å². The summed E-state index contributed by atoms with van der Waals surface area (Å²) in [6.07, 6.45) is 0. The maximum absolute atomic E-state index is 12.9. The van der Waals surface area contributed by atoms with Crippen molar-refractivity contribution >= 4 is 11.8 Å². The van der Waals surface area contributed by atoms with E-state index in [-0.39, 0.29) is 29.6 Å². The molecule has 1 saturated heterocycles. The third kappa shape index (κ3) is 3.29. The maximum atomic E-state index is 12.9. The summed E-state index contributed by atoms with van der Waals surface area (Å²) < 4.78 is 1.82. The molecule has 0 bridgehead atoms. The van der Waals surface area contributed by atoms with Gasteiger partial charge in [0, 0.05) is 18.8 Å². The zero-order chi connectivity index (χ0) is 18.1. The van der Waals surface area contributed by atoms with Gasteiger partial charge < -0.3 is 10.6 Å². The number of carbonyl (C=O) groups is 2. The van der Waals surface area contributed by atoms with Gasteiger partial charge in [0.1, 0.15) is 0 Å². The SMILES string of the molecule is CC(C)c1cc(C(=O)N2C[C@@H](C)[C@H](C(N)=O)C2)nn1-c1ccccc1. The zero-order valence-corrected chi connectivity index (χ0v) is 14.8. The summed E-state index contributed by atoms with van der Waals surface area (Å²) in [5.41, 5.74) is 7.75. The fourth-order valence-corrected chi connectivity index (χ4v) is 3.35. The Hall–Kier alpha value is -2.63. The van der Waals surface area contributed by atoms with Crippen molar-refractivity contribution in [1.82, 2.24) is 14.7 Å². The molecule has 2 heterocycles. The minimum atomic E-state index is -0.347. The van der Waals surface area contributed by atoms with Gasteiger partial charge in [-0.15, -0.1) is 0 Å². The summed E-state index contributed by atoms with van der Waals surface area (Å²) >= 11 is 0. The first-order valence-corrected chi connectivity index (χ1v) is 8.62. The molecule has 6 nitrogen and oxygen atoms in total. The van der Waals surface area contributed by atoms with Gasteiger partial charge in [0.15, 0.2) is 5.69 Å². The van der Waals surface area contributed by atoms with Crippen LogP contribution in [-0.4, -0.2) is 39.6 Å². The van der Waals surface area contributed by atoms with Gasteiger partial charge in [-0.05, 0) is 30.0 Å². The van der Waals surface area contributed by atoms with E-state index in [1.165, 1.54) is 0 Å². The summed E-state index contributed by atoms with van der Waals surface area (Å²) in [6, 6.07) is 11.6. The molecule has 1 aliphatic heterocycles. The molecular formula is C19H24N4O2. The molecule has 25 heavy (non-hydrogen) atoms. The first-order chi connectivity index (χ1) is 11.9. The van der Waals surface area contributed by atoms with Crippen LogP contribution < -0.4 is 5.73 Å². The summed E-state index contributed by atoms with van der Waals surface area (Å²) in [6.45, 7) is 6.99. The molecule has 0 spiro atoms. The van der Waals surface area contributed by atoms with Gasteiger partial charge in [-0.3, -0.25) is 9.59 Å². The maximum Gasteiger partial charge on any atom is 0.274 e. The lowest BCUT2D eigenvalue weighted by molar-refractivity contribution is -0.122. The first kappa shape index (κ1) is 17.2. The molecule has 1 aromatic heterocycles. The molecule has 0 aliphatic carbocycles. The number of primary amides is 1. The van der Waals surface area contributed by atoms with Gasteiger partial charge in [-0.2, -0.15) is 5.10 Å². The molecule has 1 aromatic carbocycles. The summed E-state index contributed by atoms with van der Waals surface area (Å²) in [5.74, 6) is -0.482. The van der Waals surface area contributed by atoms with E-state index in [1.54, 1.807) is 4.90 Å². The van der Waals surface area contributed by atoms with Crippen LogP contribution in [0.1, 0.15) is 42.9 Å². The van der Waals surface area contributed by atoms with Crippen LogP contribution in [0.4, 0.5) is 0 Å². The average Bonchev–Trinajstić information content (AvgIpc) is 3.19. The Balaban J connectivity index is 1.91. The standard InChI is InChI=1S/C19H24N4O2/c1-12(2)17-9-16(21-23(17)14-7-5-4-6-8-14)19(25)22-10-13(3)15(11-22)18(20)24/h4-9,12-13,15H,10-11H2,1-3H3,(H2,20,24)/t13-,15-/m1/s1. The van der Waals surface area contributed by atoms with Crippen LogP contribution in [0.15, 0.2) is 36.4 Å². The second-order valence-electron chi connectivity index (χ2n) is 7.05. The lowest BCUT2D eigenvalue weighted by atomic mass is 9.98. The average molecular weight is 340 g/mol. The lowest BCUT2D eigenvalue weighted by Gasteiger charge is -2.14. The molecule has 0 radical (unpaired) electrons. The normalized spacial score (nSPS) is 20.2. The van der Waals surface area contributed by atoms with E-state index in [9.17, 15) is 9.59 Å². The third-order valence-corrected chi connectivity index (χ3v) is 4.81. The van der Waals surface area contributed by atoms with Crippen LogP contribution in [0.3, 0.4) is 0 Å². The molecule has 2 amide bonds. The van der Waals surface area contributed by atoms with Crippen molar-refractivity contribution in [1.29, 1.82) is 0 Å². The highest BCUT2D eigenvalue weighted by atomic mass is 16.2. The van der Waals surface area contributed by atoms with Crippen LogP contribution >= 0.6 is 0 Å². The monoisotopic (exact) mass is 340 g/mol. The van der Waals surface area contributed by atoms with Crippen molar-refractivity contribution in [2.75, 3.05) is 13.1 Å². The zero-order valence-electron chi connectivity index (χ0n) is 14.8. The van der Waals surface area contributed by atoms with E-state index < -0.39 is 0 Å². The molecule has 3 rings (SSSR count).